The first kappa shape index (κ1) is 14.8. The van der Waals surface area contributed by atoms with E-state index in [1.54, 1.807) is 6.92 Å². The van der Waals surface area contributed by atoms with Crippen LogP contribution in [0.4, 0.5) is 5.82 Å². The van der Waals surface area contributed by atoms with E-state index in [1.807, 2.05) is 18.3 Å². The molecule has 2 aliphatic rings. The van der Waals surface area contributed by atoms with Gasteiger partial charge in [0.25, 0.3) is 0 Å². The predicted molar refractivity (Wildman–Crippen MR) is 85.5 cm³/mol. The van der Waals surface area contributed by atoms with Crippen LogP contribution in [0.3, 0.4) is 0 Å². The molecule has 1 aromatic rings. The van der Waals surface area contributed by atoms with E-state index in [0.717, 1.165) is 30.4 Å². The third kappa shape index (κ3) is 3.74. The van der Waals surface area contributed by atoms with Gasteiger partial charge in [-0.2, -0.15) is 0 Å². The zero-order chi connectivity index (χ0) is 14.7. The van der Waals surface area contributed by atoms with Crippen LogP contribution in [0.25, 0.3) is 0 Å². The Bertz CT molecular complexity index is 449. The second-order valence-electron chi connectivity index (χ2n) is 6.56. The summed E-state index contributed by atoms with van der Waals surface area (Å²) in [6.07, 6.45) is 6.69. The maximum absolute atomic E-state index is 9.70. The lowest BCUT2D eigenvalue weighted by Crippen LogP contribution is -2.38. The molecular weight excluding hydrogens is 262 g/mol. The zero-order valence-corrected chi connectivity index (χ0v) is 13.0. The molecule has 0 bridgehead atoms. The molecule has 0 spiro atoms. The van der Waals surface area contributed by atoms with Crippen molar-refractivity contribution in [1.82, 2.24) is 9.88 Å². The molecular formula is C17H27N3O. The van der Waals surface area contributed by atoms with Crippen molar-refractivity contribution in [3.05, 3.63) is 23.9 Å². The van der Waals surface area contributed by atoms with Crippen LogP contribution < -0.4 is 4.90 Å². The standard InChI is InChI=1S/C17H27N3O/c1-14(21)16-4-7-18-17(12-16)20-10-5-15(6-11-20)13-19-8-2-3-9-19/h4,7,12,14-15,21H,2-3,5-6,8-11,13H2,1H3. The van der Waals surface area contributed by atoms with Gasteiger partial charge in [0.05, 0.1) is 6.10 Å². The average Bonchev–Trinajstić information content (AvgIpc) is 3.01. The number of hydrogen-bond donors (Lipinski definition) is 1. The number of aliphatic hydroxyl groups excluding tert-OH is 1. The van der Waals surface area contributed by atoms with Crippen molar-refractivity contribution in [3.8, 4) is 0 Å². The average molecular weight is 289 g/mol. The van der Waals surface area contributed by atoms with Gasteiger partial charge >= 0.3 is 0 Å². The number of rotatable bonds is 4. The van der Waals surface area contributed by atoms with E-state index in [4.69, 9.17) is 0 Å². The first-order valence-electron chi connectivity index (χ1n) is 8.33. The van der Waals surface area contributed by atoms with Gasteiger partial charge in [-0.1, -0.05) is 0 Å². The second-order valence-corrected chi connectivity index (χ2v) is 6.56. The molecule has 2 aliphatic heterocycles. The molecule has 4 nitrogen and oxygen atoms in total. The number of aromatic nitrogens is 1. The quantitative estimate of drug-likeness (QED) is 0.924. The Labute approximate surface area is 127 Å². The number of pyridine rings is 1. The summed E-state index contributed by atoms with van der Waals surface area (Å²) in [5, 5.41) is 9.70. The summed E-state index contributed by atoms with van der Waals surface area (Å²) in [6, 6.07) is 3.93. The van der Waals surface area contributed by atoms with E-state index < -0.39 is 6.10 Å². The number of anilines is 1. The highest BCUT2D eigenvalue weighted by atomic mass is 16.3. The molecule has 1 aromatic heterocycles. The molecule has 1 atom stereocenters. The van der Waals surface area contributed by atoms with Gasteiger partial charge < -0.3 is 14.9 Å². The highest BCUT2D eigenvalue weighted by Gasteiger charge is 2.23. The van der Waals surface area contributed by atoms with E-state index in [1.165, 1.54) is 45.3 Å². The van der Waals surface area contributed by atoms with Crippen molar-refractivity contribution in [2.24, 2.45) is 5.92 Å². The van der Waals surface area contributed by atoms with E-state index in [2.05, 4.69) is 14.8 Å². The normalized spacial score (nSPS) is 22.7. The van der Waals surface area contributed by atoms with Crippen molar-refractivity contribution < 1.29 is 5.11 Å². The third-order valence-corrected chi connectivity index (χ3v) is 4.91. The van der Waals surface area contributed by atoms with Crippen LogP contribution in [0.1, 0.15) is 44.3 Å². The number of aliphatic hydroxyl groups is 1. The molecule has 21 heavy (non-hydrogen) atoms. The zero-order valence-electron chi connectivity index (χ0n) is 13.0. The molecule has 116 valence electrons. The number of likely N-dealkylation sites (tertiary alicyclic amines) is 1. The van der Waals surface area contributed by atoms with Crippen molar-refractivity contribution in [2.75, 3.05) is 37.6 Å². The Balaban J connectivity index is 1.54. The molecule has 2 fully saturated rings. The summed E-state index contributed by atoms with van der Waals surface area (Å²) in [4.78, 5) is 9.48. The van der Waals surface area contributed by atoms with E-state index in [0.29, 0.717) is 0 Å². The van der Waals surface area contributed by atoms with Gasteiger partial charge in [0.1, 0.15) is 5.82 Å². The maximum Gasteiger partial charge on any atom is 0.128 e. The maximum atomic E-state index is 9.70. The van der Waals surface area contributed by atoms with Crippen LogP contribution in [0.5, 0.6) is 0 Å². The van der Waals surface area contributed by atoms with Crippen molar-refractivity contribution in [3.63, 3.8) is 0 Å². The van der Waals surface area contributed by atoms with Crippen LogP contribution in [0.15, 0.2) is 18.3 Å². The van der Waals surface area contributed by atoms with Gasteiger partial charge in [-0.05, 0) is 69.3 Å². The highest BCUT2D eigenvalue weighted by molar-refractivity contribution is 5.41. The molecule has 1 unspecified atom stereocenters. The molecule has 1 N–H and O–H groups in total. The summed E-state index contributed by atoms with van der Waals surface area (Å²) in [5.74, 6) is 1.87. The van der Waals surface area contributed by atoms with Crippen molar-refractivity contribution in [2.45, 2.75) is 38.7 Å². The number of nitrogens with zero attached hydrogens (tertiary/aromatic N) is 3. The van der Waals surface area contributed by atoms with E-state index >= 15 is 0 Å². The van der Waals surface area contributed by atoms with Gasteiger partial charge in [-0.15, -0.1) is 0 Å². The van der Waals surface area contributed by atoms with Gasteiger partial charge in [-0.25, -0.2) is 4.98 Å². The van der Waals surface area contributed by atoms with Crippen LogP contribution in [0, 0.1) is 5.92 Å². The monoisotopic (exact) mass is 289 g/mol. The van der Waals surface area contributed by atoms with E-state index in [9.17, 15) is 5.11 Å². The molecule has 2 saturated heterocycles. The highest BCUT2D eigenvalue weighted by Crippen LogP contribution is 2.25. The minimum atomic E-state index is -0.417. The molecule has 4 heteroatoms. The first-order chi connectivity index (χ1) is 10.2. The lowest BCUT2D eigenvalue weighted by molar-refractivity contribution is 0.199. The summed E-state index contributed by atoms with van der Waals surface area (Å²) >= 11 is 0. The van der Waals surface area contributed by atoms with Crippen LogP contribution in [-0.4, -0.2) is 47.7 Å². The molecule has 0 amide bonds. The molecule has 0 aliphatic carbocycles. The predicted octanol–water partition coefficient (Wildman–Crippen LogP) is 2.45. The summed E-state index contributed by atoms with van der Waals surface area (Å²) in [5.41, 5.74) is 0.958. The second kappa shape index (κ2) is 6.75. The van der Waals surface area contributed by atoms with Gasteiger partial charge in [0.15, 0.2) is 0 Å². The van der Waals surface area contributed by atoms with Crippen LogP contribution >= 0.6 is 0 Å². The molecule has 3 heterocycles. The van der Waals surface area contributed by atoms with Crippen molar-refractivity contribution >= 4 is 5.82 Å². The van der Waals surface area contributed by atoms with Gasteiger partial charge in [0, 0.05) is 25.8 Å². The third-order valence-electron chi connectivity index (χ3n) is 4.91. The fraction of sp³-hybridized carbons (Fsp3) is 0.706. The Morgan fingerprint density at radius 2 is 1.95 bits per heavy atom. The topological polar surface area (TPSA) is 39.6 Å². The lowest BCUT2D eigenvalue weighted by atomic mass is 9.96. The largest absolute Gasteiger partial charge is 0.389 e. The minimum Gasteiger partial charge on any atom is -0.389 e. The number of hydrogen-bond acceptors (Lipinski definition) is 4. The van der Waals surface area contributed by atoms with Gasteiger partial charge in [0.2, 0.25) is 0 Å². The van der Waals surface area contributed by atoms with Crippen molar-refractivity contribution in [1.29, 1.82) is 0 Å². The Hall–Kier alpha value is -1.13. The van der Waals surface area contributed by atoms with Crippen LogP contribution in [0.2, 0.25) is 0 Å². The molecule has 0 saturated carbocycles. The first-order valence-corrected chi connectivity index (χ1v) is 8.33. The molecule has 0 aromatic carbocycles. The summed E-state index contributed by atoms with van der Waals surface area (Å²) in [7, 11) is 0. The Morgan fingerprint density at radius 1 is 1.24 bits per heavy atom. The minimum absolute atomic E-state index is 0.417. The number of piperidine rings is 1. The smallest absolute Gasteiger partial charge is 0.128 e. The molecule has 3 rings (SSSR count). The van der Waals surface area contributed by atoms with E-state index in [-0.39, 0.29) is 0 Å². The fourth-order valence-corrected chi connectivity index (χ4v) is 3.54. The SMILES string of the molecule is CC(O)c1ccnc(N2CCC(CN3CCCC3)CC2)c1. The molecule has 0 radical (unpaired) electrons. The van der Waals surface area contributed by atoms with Crippen LogP contribution in [-0.2, 0) is 0 Å². The van der Waals surface area contributed by atoms with Gasteiger partial charge in [-0.3, -0.25) is 0 Å². The Kier molecular flexibility index (Phi) is 4.76. The summed E-state index contributed by atoms with van der Waals surface area (Å²) < 4.78 is 0. The lowest BCUT2D eigenvalue weighted by Gasteiger charge is -2.34. The Morgan fingerprint density at radius 3 is 2.62 bits per heavy atom. The fourth-order valence-electron chi connectivity index (χ4n) is 3.54. The summed E-state index contributed by atoms with van der Waals surface area (Å²) in [6.45, 7) is 7.89.